The maximum absolute atomic E-state index is 5.56. The van der Waals surface area contributed by atoms with Gasteiger partial charge in [0.15, 0.2) is 0 Å². The van der Waals surface area contributed by atoms with Gasteiger partial charge in [-0.25, -0.2) is 4.98 Å². The first-order chi connectivity index (χ1) is 6.84. The highest BCUT2D eigenvalue weighted by Gasteiger charge is 1.98. The molecule has 0 aliphatic heterocycles. The van der Waals surface area contributed by atoms with Gasteiger partial charge < -0.3 is 10.2 Å². The summed E-state index contributed by atoms with van der Waals surface area (Å²) in [6.07, 6.45) is 3.39. The minimum Gasteiger partial charge on any atom is -0.468 e. The monoisotopic (exact) mass is 206 g/mol. The summed E-state index contributed by atoms with van der Waals surface area (Å²) in [6.45, 7) is 0. The van der Waals surface area contributed by atoms with Gasteiger partial charge in [0, 0.05) is 11.1 Å². The van der Waals surface area contributed by atoms with E-state index in [9.17, 15) is 0 Å². The topological polar surface area (TPSA) is 52.0 Å². The normalized spacial score (nSPS) is 10.3. The maximum atomic E-state index is 5.56. The van der Waals surface area contributed by atoms with Crippen LogP contribution in [0.3, 0.4) is 0 Å². The predicted molar refractivity (Wildman–Crippen MR) is 56.9 cm³/mol. The SMILES string of the molecule is Nc1cc(SCc2ccco2)ccn1. The average Bonchev–Trinajstić information content (AvgIpc) is 2.67. The molecule has 0 bridgehead atoms. The summed E-state index contributed by atoms with van der Waals surface area (Å²) in [5, 5.41) is 0. The Morgan fingerprint density at radius 3 is 3.07 bits per heavy atom. The van der Waals surface area contributed by atoms with Crippen LogP contribution in [0.2, 0.25) is 0 Å². The highest BCUT2D eigenvalue weighted by atomic mass is 32.2. The summed E-state index contributed by atoms with van der Waals surface area (Å²) >= 11 is 1.68. The third-order valence-corrected chi connectivity index (χ3v) is 2.73. The summed E-state index contributed by atoms with van der Waals surface area (Å²) in [4.78, 5) is 5.03. The summed E-state index contributed by atoms with van der Waals surface area (Å²) in [5.41, 5.74) is 5.56. The summed E-state index contributed by atoms with van der Waals surface area (Å²) in [6, 6.07) is 7.63. The van der Waals surface area contributed by atoms with Crippen molar-refractivity contribution in [2.45, 2.75) is 10.6 Å². The lowest BCUT2D eigenvalue weighted by atomic mass is 10.5. The molecule has 2 aromatic rings. The van der Waals surface area contributed by atoms with Crippen LogP contribution in [-0.4, -0.2) is 4.98 Å². The van der Waals surface area contributed by atoms with E-state index in [1.54, 1.807) is 24.2 Å². The van der Waals surface area contributed by atoms with Crippen molar-refractivity contribution in [3.8, 4) is 0 Å². The molecule has 2 N–H and O–H groups in total. The molecule has 2 heterocycles. The molecule has 0 fully saturated rings. The molecular formula is C10H10N2OS. The number of hydrogen-bond acceptors (Lipinski definition) is 4. The average molecular weight is 206 g/mol. The number of pyridine rings is 1. The molecular weight excluding hydrogens is 196 g/mol. The Hall–Kier alpha value is -1.42. The fourth-order valence-electron chi connectivity index (χ4n) is 1.07. The summed E-state index contributed by atoms with van der Waals surface area (Å²) in [5.74, 6) is 2.33. The van der Waals surface area contributed by atoms with E-state index in [4.69, 9.17) is 10.2 Å². The molecule has 0 amide bonds. The van der Waals surface area contributed by atoms with Gasteiger partial charge in [-0.3, -0.25) is 0 Å². The van der Waals surface area contributed by atoms with Gasteiger partial charge in [-0.2, -0.15) is 0 Å². The number of nitrogens with zero attached hydrogens (tertiary/aromatic N) is 1. The Bertz CT molecular complexity index is 400. The first-order valence-electron chi connectivity index (χ1n) is 4.21. The minimum absolute atomic E-state index is 0.550. The Morgan fingerprint density at radius 2 is 2.36 bits per heavy atom. The maximum Gasteiger partial charge on any atom is 0.124 e. The lowest BCUT2D eigenvalue weighted by Crippen LogP contribution is -1.88. The molecule has 0 spiro atoms. The van der Waals surface area contributed by atoms with Gasteiger partial charge in [0.25, 0.3) is 0 Å². The van der Waals surface area contributed by atoms with E-state index in [0.29, 0.717) is 5.82 Å². The second-order valence-electron chi connectivity index (χ2n) is 2.78. The van der Waals surface area contributed by atoms with Crippen LogP contribution in [0.15, 0.2) is 46.0 Å². The largest absolute Gasteiger partial charge is 0.468 e. The summed E-state index contributed by atoms with van der Waals surface area (Å²) < 4.78 is 5.22. The minimum atomic E-state index is 0.550. The zero-order valence-electron chi connectivity index (χ0n) is 7.51. The molecule has 0 radical (unpaired) electrons. The quantitative estimate of drug-likeness (QED) is 0.784. The van der Waals surface area contributed by atoms with Crippen molar-refractivity contribution in [1.82, 2.24) is 4.98 Å². The Morgan fingerprint density at radius 1 is 1.43 bits per heavy atom. The van der Waals surface area contributed by atoms with Gasteiger partial charge >= 0.3 is 0 Å². The number of rotatable bonds is 3. The van der Waals surface area contributed by atoms with Gasteiger partial charge in [-0.15, -0.1) is 11.8 Å². The number of hydrogen-bond donors (Lipinski definition) is 1. The van der Waals surface area contributed by atoms with Gasteiger partial charge in [-0.1, -0.05) is 0 Å². The number of aromatic nitrogens is 1. The van der Waals surface area contributed by atoms with Crippen LogP contribution >= 0.6 is 11.8 Å². The van der Waals surface area contributed by atoms with Crippen molar-refractivity contribution in [2.75, 3.05) is 5.73 Å². The smallest absolute Gasteiger partial charge is 0.124 e. The van der Waals surface area contributed by atoms with Crippen molar-refractivity contribution < 1.29 is 4.42 Å². The van der Waals surface area contributed by atoms with Crippen molar-refractivity contribution in [3.05, 3.63) is 42.5 Å². The second-order valence-corrected chi connectivity index (χ2v) is 3.83. The molecule has 2 rings (SSSR count). The van der Waals surface area contributed by atoms with Crippen molar-refractivity contribution in [1.29, 1.82) is 0 Å². The van der Waals surface area contributed by atoms with Crippen LogP contribution in [0.5, 0.6) is 0 Å². The predicted octanol–water partition coefficient (Wildman–Crippen LogP) is 2.55. The highest BCUT2D eigenvalue weighted by molar-refractivity contribution is 7.98. The third-order valence-electron chi connectivity index (χ3n) is 1.71. The van der Waals surface area contributed by atoms with Crippen LogP contribution in [0.1, 0.15) is 5.76 Å². The van der Waals surface area contributed by atoms with E-state index in [1.807, 2.05) is 24.3 Å². The molecule has 0 aliphatic carbocycles. The lowest BCUT2D eigenvalue weighted by Gasteiger charge is -1.99. The molecule has 0 atom stereocenters. The number of nitrogen functional groups attached to an aromatic ring is 1. The van der Waals surface area contributed by atoms with Gasteiger partial charge in [0.1, 0.15) is 11.6 Å². The van der Waals surface area contributed by atoms with Crippen molar-refractivity contribution >= 4 is 17.6 Å². The first kappa shape index (κ1) is 9.15. The molecule has 0 saturated carbocycles. The fourth-order valence-corrected chi connectivity index (χ4v) is 1.90. The van der Waals surface area contributed by atoms with E-state index < -0.39 is 0 Å². The molecule has 0 unspecified atom stereocenters. The zero-order chi connectivity index (χ0) is 9.80. The molecule has 2 aromatic heterocycles. The van der Waals surface area contributed by atoms with Crippen LogP contribution in [0.25, 0.3) is 0 Å². The van der Waals surface area contributed by atoms with E-state index >= 15 is 0 Å². The first-order valence-corrected chi connectivity index (χ1v) is 5.20. The number of anilines is 1. The number of furan rings is 1. The Kier molecular flexibility index (Phi) is 2.74. The fraction of sp³-hybridized carbons (Fsp3) is 0.100. The summed E-state index contributed by atoms with van der Waals surface area (Å²) in [7, 11) is 0. The third kappa shape index (κ3) is 2.29. The molecule has 0 aliphatic rings. The molecule has 72 valence electrons. The highest BCUT2D eigenvalue weighted by Crippen LogP contribution is 2.23. The van der Waals surface area contributed by atoms with Crippen LogP contribution < -0.4 is 5.73 Å². The molecule has 0 saturated heterocycles. The van der Waals surface area contributed by atoms with Gasteiger partial charge in [0.2, 0.25) is 0 Å². The van der Waals surface area contributed by atoms with Gasteiger partial charge in [0.05, 0.1) is 12.0 Å². The van der Waals surface area contributed by atoms with Crippen molar-refractivity contribution in [3.63, 3.8) is 0 Å². The molecule has 4 heteroatoms. The zero-order valence-corrected chi connectivity index (χ0v) is 8.33. The van der Waals surface area contributed by atoms with E-state index in [2.05, 4.69) is 4.98 Å². The van der Waals surface area contributed by atoms with E-state index in [0.717, 1.165) is 16.4 Å². The van der Waals surface area contributed by atoms with Crippen LogP contribution in [-0.2, 0) is 5.75 Å². The van der Waals surface area contributed by atoms with Crippen LogP contribution in [0, 0.1) is 0 Å². The van der Waals surface area contributed by atoms with Crippen molar-refractivity contribution in [2.24, 2.45) is 0 Å². The second kappa shape index (κ2) is 4.19. The van der Waals surface area contributed by atoms with Gasteiger partial charge in [-0.05, 0) is 24.3 Å². The van der Waals surface area contributed by atoms with Crippen LogP contribution in [0.4, 0.5) is 5.82 Å². The molecule has 3 nitrogen and oxygen atoms in total. The standard InChI is InChI=1S/C10H10N2OS/c11-10-6-9(3-4-12-10)14-7-8-2-1-5-13-8/h1-6H,7H2,(H2,11,12). The number of thioether (sulfide) groups is 1. The van der Waals surface area contributed by atoms with E-state index in [-0.39, 0.29) is 0 Å². The Labute approximate surface area is 86.3 Å². The molecule has 0 aromatic carbocycles. The Balaban J connectivity index is 1.98. The van der Waals surface area contributed by atoms with E-state index in [1.165, 1.54) is 0 Å². The number of nitrogens with two attached hydrogens (primary N) is 1. The molecule has 14 heavy (non-hydrogen) atoms. The lowest BCUT2D eigenvalue weighted by molar-refractivity contribution is 0.530.